The highest BCUT2D eigenvalue weighted by atomic mass is 32.1. The zero-order valence-corrected chi connectivity index (χ0v) is 13.7. The van der Waals surface area contributed by atoms with Gasteiger partial charge in [-0.2, -0.15) is 0 Å². The van der Waals surface area contributed by atoms with Crippen LogP contribution in [0.15, 0.2) is 36.1 Å². The fourth-order valence-electron chi connectivity index (χ4n) is 2.44. The fraction of sp³-hybridized carbons (Fsp3) is 0.312. The van der Waals surface area contributed by atoms with Crippen molar-refractivity contribution in [3.8, 4) is 0 Å². The van der Waals surface area contributed by atoms with E-state index in [-0.39, 0.29) is 11.9 Å². The van der Waals surface area contributed by atoms with Crippen molar-refractivity contribution in [3.63, 3.8) is 0 Å². The van der Waals surface area contributed by atoms with Crippen LogP contribution in [-0.2, 0) is 11.2 Å². The Morgan fingerprint density at radius 1 is 1.45 bits per heavy atom. The molecule has 1 atom stereocenters. The largest absolute Gasteiger partial charge is 0.336 e. The molecule has 3 aromatic heterocycles. The highest BCUT2D eigenvalue weighted by molar-refractivity contribution is 7.09. The van der Waals surface area contributed by atoms with E-state index in [1.54, 1.807) is 28.6 Å². The minimum absolute atomic E-state index is 0.0200. The second-order valence-electron chi connectivity index (χ2n) is 5.36. The number of imidazole rings is 1. The van der Waals surface area contributed by atoms with Gasteiger partial charge in [0.05, 0.1) is 18.2 Å². The molecular weight excluding hydrogens is 296 g/mol. The molecule has 0 fully saturated rings. The summed E-state index contributed by atoms with van der Waals surface area (Å²) >= 11 is 1.57. The van der Waals surface area contributed by atoms with Crippen LogP contribution in [0.3, 0.4) is 0 Å². The van der Waals surface area contributed by atoms with Crippen LogP contribution in [0.2, 0.25) is 0 Å². The molecule has 3 heterocycles. The summed E-state index contributed by atoms with van der Waals surface area (Å²) in [6.07, 6.45) is 5.82. The lowest BCUT2D eigenvalue weighted by atomic mass is 10.2. The molecule has 5 nitrogen and oxygen atoms in total. The monoisotopic (exact) mass is 314 g/mol. The topological polar surface area (TPSA) is 50.5 Å². The summed E-state index contributed by atoms with van der Waals surface area (Å²) < 4.78 is 1.98. The van der Waals surface area contributed by atoms with Crippen molar-refractivity contribution in [1.29, 1.82) is 0 Å². The van der Waals surface area contributed by atoms with E-state index in [0.29, 0.717) is 6.42 Å². The van der Waals surface area contributed by atoms with Gasteiger partial charge in [0.1, 0.15) is 10.7 Å². The molecule has 6 heteroatoms. The fourth-order valence-corrected chi connectivity index (χ4v) is 3.17. The summed E-state index contributed by atoms with van der Waals surface area (Å²) in [5, 5.41) is 2.88. The maximum atomic E-state index is 12.5. The van der Waals surface area contributed by atoms with Gasteiger partial charge in [-0.1, -0.05) is 6.07 Å². The number of likely N-dealkylation sites (N-methyl/N-ethyl adjacent to an activating group) is 1. The number of hydrogen-bond donors (Lipinski definition) is 0. The Hall–Kier alpha value is -2.21. The van der Waals surface area contributed by atoms with Crippen molar-refractivity contribution in [2.75, 3.05) is 7.05 Å². The summed E-state index contributed by atoms with van der Waals surface area (Å²) in [6, 6.07) is 3.97. The van der Waals surface area contributed by atoms with Gasteiger partial charge in [0, 0.05) is 31.0 Å². The van der Waals surface area contributed by atoms with E-state index >= 15 is 0 Å². The Morgan fingerprint density at radius 2 is 2.27 bits per heavy atom. The standard InChI is InChI=1S/C16H18N4OS/c1-11-5-4-7-20-13(10-18-15(11)20)9-14(21)19(3)12(2)16-17-6-8-22-16/h4-8,10,12H,9H2,1-3H3. The van der Waals surface area contributed by atoms with Gasteiger partial charge in [-0.3, -0.25) is 4.79 Å². The summed E-state index contributed by atoms with van der Waals surface area (Å²) in [5.74, 6) is 0.0611. The molecule has 0 aliphatic heterocycles. The van der Waals surface area contributed by atoms with Crippen molar-refractivity contribution in [1.82, 2.24) is 19.3 Å². The lowest BCUT2D eigenvalue weighted by Gasteiger charge is -2.23. The lowest BCUT2D eigenvalue weighted by Crippen LogP contribution is -2.31. The van der Waals surface area contributed by atoms with Crippen LogP contribution in [0.5, 0.6) is 0 Å². The highest BCUT2D eigenvalue weighted by Crippen LogP contribution is 2.21. The third kappa shape index (κ3) is 2.62. The van der Waals surface area contributed by atoms with E-state index in [4.69, 9.17) is 0 Å². The Morgan fingerprint density at radius 3 is 3.00 bits per heavy atom. The first kappa shape index (κ1) is 14.7. The predicted molar refractivity (Wildman–Crippen MR) is 86.9 cm³/mol. The Balaban J connectivity index is 1.80. The summed E-state index contributed by atoms with van der Waals surface area (Å²) in [7, 11) is 1.82. The van der Waals surface area contributed by atoms with Crippen molar-refractivity contribution >= 4 is 22.9 Å². The molecule has 1 amide bonds. The average Bonchev–Trinajstić information content (AvgIpc) is 3.16. The molecule has 0 aliphatic rings. The number of nitrogens with zero attached hydrogens (tertiary/aromatic N) is 4. The number of amides is 1. The first-order chi connectivity index (χ1) is 10.6. The number of thiazole rings is 1. The maximum absolute atomic E-state index is 12.5. The average molecular weight is 314 g/mol. The molecule has 3 rings (SSSR count). The van der Waals surface area contributed by atoms with Gasteiger partial charge < -0.3 is 9.30 Å². The van der Waals surface area contributed by atoms with Crippen LogP contribution in [0.4, 0.5) is 0 Å². The number of carbonyl (C=O) groups excluding carboxylic acids is 1. The molecule has 0 spiro atoms. The van der Waals surface area contributed by atoms with Gasteiger partial charge in [0.2, 0.25) is 5.91 Å². The second kappa shape index (κ2) is 5.88. The third-order valence-electron chi connectivity index (χ3n) is 3.92. The number of pyridine rings is 1. The van der Waals surface area contributed by atoms with E-state index in [0.717, 1.165) is 21.9 Å². The van der Waals surface area contributed by atoms with E-state index < -0.39 is 0 Å². The normalized spacial score (nSPS) is 12.5. The van der Waals surface area contributed by atoms with Crippen LogP contribution < -0.4 is 0 Å². The van der Waals surface area contributed by atoms with Crippen molar-refractivity contribution < 1.29 is 4.79 Å². The number of rotatable bonds is 4. The molecule has 1 unspecified atom stereocenters. The van der Waals surface area contributed by atoms with E-state index in [1.807, 2.05) is 49.0 Å². The summed E-state index contributed by atoms with van der Waals surface area (Å²) in [5.41, 5.74) is 2.91. The van der Waals surface area contributed by atoms with Gasteiger partial charge in [-0.05, 0) is 25.5 Å². The van der Waals surface area contributed by atoms with Gasteiger partial charge in [-0.25, -0.2) is 9.97 Å². The van der Waals surface area contributed by atoms with Crippen molar-refractivity contribution in [3.05, 3.63) is 52.4 Å². The van der Waals surface area contributed by atoms with Gasteiger partial charge in [-0.15, -0.1) is 11.3 Å². The zero-order valence-electron chi connectivity index (χ0n) is 12.9. The quantitative estimate of drug-likeness (QED) is 0.744. The molecule has 22 heavy (non-hydrogen) atoms. The van der Waals surface area contributed by atoms with E-state index in [2.05, 4.69) is 9.97 Å². The van der Waals surface area contributed by atoms with Crippen molar-refractivity contribution in [2.24, 2.45) is 0 Å². The second-order valence-corrected chi connectivity index (χ2v) is 6.29. The van der Waals surface area contributed by atoms with Crippen LogP contribution in [0, 0.1) is 6.92 Å². The van der Waals surface area contributed by atoms with Crippen LogP contribution in [-0.4, -0.2) is 32.2 Å². The number of aryl methyl sites for hydroxylation is 1. The first-order valence-electron chi connectivity index (χ1n) is 7.14. The molecule has 114 valence electrons. The summed E-state index contributed by atoms with van der Waals surface area (Å²) in [6.45, 7) is 4.01. The number of carbonyl (C=O) groups is 1. The maximum Gasteiger partial charge on any atom is 0.228 e. The minimum atomic E-state index is -0.0200. The predicted octanol–water partition coefficient (Wildman–Crippen LogP) is 2.86. The van der Waals surface area contributed by atoms with Crippen LogP contribution in [0.25, 0.3) is 5.65 Å². The highest BCUT2D eigenvalue weighted by Gasteiger charge is 2.20. The van der Waals surface area contributed by atoms with E-state index in [9.17, 15) is 4.79 Å². The zero-order chi connectivity index (χ0) is 15.7. The summed E-state index contributed by atoms with van der Waals surface area (Å²) in [4.78, 5) is 23.0. The third-order valence-corrected chi connectivity index (χ3v) is 4.87. The first-order valence-corrected chi connectivity index (χ1v) is 8.02. The number of aromatic nitrogens is 3. The van der Waals surface area contributed by atoms with E-state index in [1.165, 1.54) is 0 Å². The van der Waals surface area contributed by atoms with Crippen molar-refractivity contribution in [2.45, 2.75) is 26.3 Å². The number of hydrogen-bond acceptors (Lipinski definition) is 4. The molecule has 0 saturated heterocycles. The molecule has 0 radical (unpaired) electrons. The minimum Gasteiger partial charge on any atom is -0.336 e. The molecule has 0 aliphatic carbocycles. The number of fused-ring (bicyclic) bond motifs is 1. The Labute approximate surface area is 133 Å². The molecule has 3 aromatic rings. The molecular formula is C16H18N4OS. The molecule has 0 bridgehead atoms. The SMILES string of the molecule is Cc1cccn2c(CC(=O)N(C)C(C)c3nccs3)cnc12. The van der Waals surface area contributed by atoms with Crippen LogP contribution >= 0.6 is 11.3 Å². The van der Waals surface area contributed by atoms with Gasteiger partial charge in [0.15, 0.2) is 0 Å². The Bertz CT molecular complexity index is 794. The molecule has 0 saturated carbocycles. The molecule has 0 aromatic carbocycles. The lowest BCUT2D eigenvalue weighted by molar-refractivity contribution is -0.131. The van der Waals surface area contributed by atoms with Gasteiger partial charge >= 0.3 is 0 Å². The molecule has 0 N–H and O–H groups in total. The smallest absolute Gasteiger partial charge is 0.228 e. The van der Waals surface area contributed by atoms with Crippen LogP contribution in [0.1, 0.15) is 29.2 Å². The van der Waals surface area contributed by atoms with Gasteiger partial charge in [0.25, 0.3) is 0 Å². The Kier molecular flexibility index (Phi) is 3.94.